The van der Waals surface area contributed by atoms with Crippen molar-refractivity contribution < 1.29 is 4.74 Å². The van der Waals surface area contributed by atoms with E-state index in [1.165, 1.54) is 0 Å². The Morgan fingerprint density at radius 2 is 1.92 bits per heavy atom. The van der Waals surface area contributed by atoms with E-state index in [4.69, 9.17) is 4.74 Å². The van der Waals surface area contributed by atoms with E-state index in [9.17, 15) is 0 Å². The Kier molecular flexibility index (Phi) is 4.98. The number of ether oxygens (including phenoxy) is 1. The van der Waals surface area contributed by atoms with Gasteiger partial charge >= 0.3 is 0 Å². The van der Waals surface area contributed by atoms with Crippen LogP contribution in [0.1, 0.15) is 20.8 Å². The molecule has 0 aromatic rings. The molecule has 0 atom stereocenters. The Morgan fingerprint density at radius 1 is 1.42 bits per heavy atom. The largest absolute Gasteiger partial charge is 0.495 e. The van der Waals surface area contributed by atoms with Crippen molar-refractivity contribution in [1.29, 1.82) is 0 Å². The third kappa shape index (κ3) is 2.86. The lowest BCUT2D eigenvalue weighted by Crippen LogP contribution is -1.92. The first-order chi connectivity index (χ1) is 5.54. The molecule has 0 N–H and O–H groups in total. The second-order valence-corrected chi connectivity index (χ2v) is 3.43. The number of rotatable bonds is 3. The molecule has 0 aliphatic rings. The summed E-state index contributed by atoms with van der Waals surface area (Å²) in [5.74, 6) is 0.852. The van der Waals surface area contributed by atoms with Crippen molar-refractivity contribution in [2.75, 3.05) is 7.11 Å². The molecule has 0 heterocycles. The van der Waals surface area contributed by atoms with Crippen LogP contribution in [0, 0.1) is 0 Å². The predicted molar refractivity (Wildman–Crippen MR) is 57.2 cm³/mol. The molecule has 2 heteroatoms. The second-order valence-electron chi connectivity index (χ2n) is 2.58. The molecule has 0 bridgehead atoms. The van der Waals surface area contributed by atoms with Crippen molar-refractivity contribution in [1.82, 2.24) is 0 Å². The molecule has 1 nitrogen and oxygen atoms in total. The summed E-state index contributed by atoms with van der Waals surface area (Å²) >= 11 is 3.41. The van der Waals surface area contributed by atoms with Crippen molar-refractivity contribution in [3.05, 3.63) is 34.0 Å². The van der Waals surface area contributed by atoms with Gasteiger partial charge in [0, 0.05) is 0 Å². The van der Waals surface area contributed by atoms with E-state index in [1.54, 1.807) is 7.11 Å². The minimum absolute atomic E-state index is 0.852. The van der Waals surface area contributed by atoms with Crippen LogP contribution in [0.4, 0.5) is 0 Å². The number of allylic oxidation sites excluding steroid dienone is 4. The lowest BCUT2D eigenvalue weighted by Gasteiger charge is -2.09. The Balaban J connectivity index is 5.00. The van der Waals surface area contributed by atoms with Gasteiger partial charge in [-0.3, -0.25) is 0 Å². The quantitative estimate of drug-likeness (QED) is 0.530. The molecule has 0 amide bonds. The molecule has 0 saturated carbocycles. The SMILES string of the molecule is C=C(C)/C(C)=C(OC)\C(Br)=C/C. The van der Waals surface area contributed by atoms with Gasteiger partial charge in [-0.1, -0.05) is 18.2 Å². The monoisotopic (exact) mass is 230 g/mol. The Bertz CT molecular complexity index is 236. The Hall–Kier alpha value is -0.500. The molecule has 68 valence electrons. The molecule has 0 radical (unpaired) electrons. The zero-order valence-electron chi connectivity index (χ0n) is 8.07. The van der Waals surface area contributed by atoms with E-state index in [0.29, 0.717) is 0 Å². The Labute approximate surface area is 82.9 Å². The summed E-state index contributed by atoms with van der Waals surface area (Å²) in [5.41, 5.74) is 2.09. The van der Waals surface area contributed by atoms with Gasteiger partial charge in [0.05, 0.1) is 11.6 Å². The topological polar surface area (TPSA) is 9.23 Å². The van der Waals surface area contributed by atoms with Gasteiger partial charge in [0.15, 0.2) is 0 Å². The first kappa shape index (κ1) is 11.5. The van der Waals surface area contributed by atoms with Gasteiger partial charge in [0.25, 0.3) is 0 Å². The molecule has 0 aliphatic carbocycles. The van der Waals surface area contributed by atoms with Gasteiger partial charge in [-0.15, -0.1) is 0 Å². The number of hydrogen-bond donors (Lipinski definition) is 0. The highest BCUT2D eigenvalue weighted by atomic mass is 79.9. The summed E-state index contributed by atoms with van der Waals surface area (Å²) in [7, 11) is 1.66. The van der Waals surface area contributed by atoms with E-state index in [1.807, 2.05) is 26.8 Å². The van der Waals surface area contributed by atoms with Gasteiger partial charge < -0.3 is 4.74 Å². The number of hydrogen-bond acceptors (Lipinski definition) is 1. The molecule has 0 spiro atoms. The summed E-state index contributed by atoms with van der Waals surface area (Å²) in [5, 5.41) is 0. The molecule has 0 aromatic heterocycles. The van der Waals surface area contributed by atoms with Crippen LogP contribution in [0.2, 0.25) is 0 Å². The molecule has 12 heavy (non-hydrogen) atoms. The van der Waals surface area contributed by atoms with Crippen molar-refractivity contribution >= 4 is 15.9 Å². The summed E-state index contributed by atoms with van der Waals surface area (Å²) in [6.07, 6.45) is 1.95. The first-order valence-electron chi connectivity index (χ1n) is 3.77. The van der Waals surface area contributed by atoms with Crippen molar-refractivity contribution in [2.45, 2.75) is 20.8 Å². The van der Waals surface area contributed by atoms with E-state index in [-0.39, 0.29) is 0 Å². The highest BCUT2D eigenvalue weighted by Gasteiger charge is 2.05. The molecular formula is C10H15BrO. The smallest absolute Gasteiger partial charge is 0.135 e. The highest BCUT2D eigenvalue weighted by molar-refractivity contribution is 9.11. The van der Waals surface area contributed by atoms with Crippen molar-refractivity contribution in [2.24, 2.45) is 0 Å². The fraction of sp³-hybridized carbons (Fsp3) is 0.400. The van der Waals surface area contributed by atoms with Crippen LogP contribution in [0.3, 0.4) is 0 Å². The van der Waals surface area contributed by atoms with E-state index >= 15 is 0 Å². The number of methoxy groups -OCH3 is 1. The summed E-state index contributed by atoms with van der Waals surface area (Å²) in [6.45, 7) is 9.76. The summed E-state index contributed by atoms with van der Waals surface area (Å²) in [4.78, 5) is 0. The van der Waals surface area contributed by atoms with Crippen LogP contribution < -0.4 is 0 Å². The first-order valence-corrected chi connectivity index (χ1v) is 4.56. The van der Waals surface area contributed by atoms with Crippen LogP contribution in [0.5, 0.6) is 0 Å². The normalized spacial score (nSPS) is 13.9. The zero-order valence-corrected chi connectivity index (χ0v) is 9.66. The summed E-state index contributed by atoms with van der Waals surface area (Å²) < 4.78 is 6.19. The van der Waals surface area contributed by atoms with Gasteiger partial charge in [0.1, 0.15) is 5.76 Å². The van der Waals surface area contributed by atoms with Crippen LogP contribution in [-0.2, 0) is 4.74 Å². The van der Waals surface area contributed by atoms with Gasteiger partial charge in [-0.2, -0.15) is 0 Å². The lowest BCUT2D eigenvalue weighted by molar-refractivity contribution is 0.301. The predicted octanol–water partition coefficient (Wildman–Crippen LogP) is 3.78. The van der Waals surface area contributed by atoms with E-state index in [2.05, 4.69) is 22.5 Å². The second kappa shape index (κ2) is 5.20. The number of halogens is 1. The lowest BCUT2D eigenvalue weighted by atomic mass is 10.1. The zero-order chi connectivity index (χ0) is 9.72. The van der Waals surface area contributed by atoms with E-state index in [0.717, 1.165) is 21.4 Å². The highest BCUT2D eigenvalue weighted by Crippen LogP contribution is 2.24. The molecule has 0 fully saturated rings. The fourth-order valence-electron chi connectivity index (χ4n) is 0.755. The average Bonchev–Trinajstić information content (AvgIpc) is 2.05. The van der Waals surface area contributed by atoms with Crippen LogP contribution in [-0.4, -0.2) is 7.11 Å². The van der Waals surface area contributed by atoms with Gasteiger partial charge in [-0.25, -0.2) is 0 Å². The fourth-order valence-corrected chi connectivity index (χ4v) is 1.21. The molecule has 0 unspecified atom stereocenters. The maximum Gasteiger partial charge on any atom is 0.135 e. The molecular weight excluding hydrogens is 216 g/mol. The maximum atomic E-state index is 5.23. The third-order valence-corrected chi connectivity index (χ3v) is 2.47. The Morgan fingerprint density at radius 3 is 2.17 bits per heavy atom. The minimum atomic E-state index is 0.852. The van der Waals surface area contributed by atoms with Crippen molar-refractivity contribution in [3.63, 3.8) is 0 Å². The molecule has 0 rings (SSSR count). The maximum absolute atomic E-state index is 5.23. The molecule has 0 saturated heterocycles. The molecule has 0 aromatic carbocycles. The van der Waals surface area contributed by atoms with Gasteiger partial charge in [-0.05, 0) is 42.3 Å². The van der Waals surface area contributed by atoms with E-state index < -0.39 is 0 Å². The standard InChI is InChI=1S/C10H15BrO/c1-6-9(11)10(12-5)8(4)7(2)3/h6H,2H2,1,3-5H3/b9-6+,10-8+. The summed E-state index contributed by atoms with van der Waals surface area (Å²) in [6, 6.07) is 0. The van der Waals surface area contributed by atoms with Crippen LogP contribution in [0.15, 0.2) is 34.0 Å². The average molecular weight is 231 g/mol. The van der Waals surface area contributed by atoms with Crippen molar-refractivity contribution in [3.8, 4) is 0 Å². The van der Waals surface area contributed by atoms with Crippen LogP contribution >= 0.6 is 15.9 Å². The molecule has 0 aliphatic heterocycles. The van der Waals surface area contributed by atoms with Gasteiger partial charge in [0.2, 0.25) is 0 Å². The third-order valence-electron chi connectivity index (χ3n) is 1.66. The van der Waals surface area contributed by atoms with Crippen LogP contribution in [0.25, 0.3) is 0 Å². The minimum Gasteiger partial charge on any atom is -0.495 e.